The van der Waals surface area contributed by atoms with E-state index < -0.39 is 23.1 Å². The summed E-state index contributed by atoms with van der Waals surface area (Å²) in [5, 5.41) is 10.1. The molecule has 1 N–H and O–H groups in total. The molecule has 0 amide bonds. The number of ether oxygens (including phenoxy) is 1. The predicted octanol–water partition coefficient (Wildman–Crippen LogP) is 6.71. The van der Waals surface area contributed by atoms with Crippen molar-refractivity contribution >= 4 is 39.3 Å². The van der Waals surface area contributed by atoms with Gasteiger partial charge in [0, 0.05) is 11.3 Å². The van der Waals surface area contributed by atoms with Crippen molar-refractivity contribution in [3.63, 3.8) is 0 Å². The summed E-state index contributed by atoms with van der Waals surface area (Å²) in [4.78, 5) is 16.3. The molecule has 1 atom stereocenters. The normalized spacial score (nSPS) is 12.6. The van der Waals surface area contributed by atoms with Crippen molar-refractivity contribution in [3.05, 3.63) is 83.9 Å². The first kappa shape index (κ1) is 22.2. The first-order valence-corrected chi connectivity index (χ1v) is 11.3. The van der Waals surface area contributed by atoms with E-state index in [4.69, 9.17) is 4.74 Å². The Bertz CT molecular complexity index is 1220. The number of para-hydroxylation sites is 2. The van der Waals surface area contributed by atoms with Gasteiger partial charge in [0.15, 0.2) is 0 Å². The maximum Gasteiger partial charge on any atom is 0.416 e. The number of hydrogen-bond donors (Lipinski definition) is 1. The van der Waals surface area contributed by atoms with E-state index in [0.717, 1.165) is 34.2 Å². The highest BCUT2D eigenvalue weighted by atomic mass is 32.2. The number of aromatic nitrogens is 1. The Kier molecular flexibility index (Phi) is 6.38. The van der Waals surface area contributed by atoms with Crippen LogP contribution < -0.4 is 4.74 Å². The van der Waals surface area contributed by atoms with Crippen LogP contribution in [0.15, 0.2) is 72.8 Å². The van der Waals surface area contributed by atoms with Crippen molar-refractivity contribution in [2.75, 3.05) is 0 Å². The molecule has 0 spiro atoms. The molecule has 0 aliphatic rings. The monoisotopic (exact) mass is 475 g/mol. The van der Waals surface area contributed by atoms with Gasteiger partial charge in [-0.2, -0.15) is 13.2 Å². The zero-order valence-corrected chi connectivity index (χ0v) is 18.0. The zero-order chi connectivity index (χ0) is 22.7. The number of benzene rings is 3. The largest absolute Gasteiger partial charge is 0.478 e. The summed E-state index contributed by atoms with van der Waals surface area (Å²) in [6.45, 7) is 0. The highest BCUT2D eigenvalue weighted by molar-refractivity contribution is 7.99. The number of carboxylic acids is 1. The quantitative estimate of drug-likeness (QED) is 0.301. The van der Waals surface area contributed by atoms with E-state index >= 15 is 0 Å². The molecule has 4 aromatic rings. The molecule has 0 aliphatic carbocycles. The molecular formula is C23H16F3NO3S2. The van der Waals surface area contributed by atoms with Crippen molar-refractivity contribution in [3.8, 4) is 16.3 Å². The van der Waals surface area contributed by atoms with Crippen molar-refractivity contribution in [2.45, 2.75) is 17.4 Å². The topological polar surface area (TPSA) is 59.4 Å². The van der Waals surface area contributed by atoms with Gasteiger partial charge >= 0.3 is 12.1 Å². The van der Waals surface area contributed by atoms with Crippen LogP contribution in [-0.4, -0.2) is 21.5 Å². The summed E-state index contributed by atoms with van der Waals surface area (Å²) in [5.41, 5.74) is 0.306. The SMILES string of the molecule is O=C(O)C(Oc1ccccc1)SCc1cccc2sc(-c3ccc(C(F)(F)F)cc3)nc12. The molecule has 1 unspecified atom stereocenters. The van der Waals surface area contributed by atoms with E-state index in [2.05, 4.69) is 4.98 Å². The van der Waals surface area contributed by atoms with Crippen molar-refractivity contribution < 1.29 is 27.8 Å². The molecular weight excluding hydrogens is 459 g/mol. The maximum atomic E-state index is 12.8. The number of rotatable bonds is 7. The third kappa shape index (κ3) is 5.05. The van der Waals surface area contributed by atoms with Crippen LogP contribution in [0, 0.1) is 0 Å². The lowest BCUT2D eigenvalue weighted by Gasteiger charge is -2.14. The molecule has 0 aliphatic heterocycles. The third-order valence-electron chi connectivity index (χ3n) is 4.54. The fraction of sp³-hybridized carbons (Fsp3) is 0.130. The second-order valence-corrected chi connectivity index (χ2v) is 8.85. The van der Waals surface area contributed by atoms with E-state index in [0.29, 0.717) is 27.6 Å². The van der Waals surface area contributed by atoms with Crippen LogP contribution in [0.25, 0.3) is 20.8 Å². The number of carboxylic acid groups (broad SMARTS) is 1. The second kappa shape index (κ2) is 9.22. The summed E-state index contributed by atoms with van der Waals surface area (Å²) in [7, 11) is 0. The number of fused-ring (bicyclic) bond motifs is 1. The van der Waals surface area contributed by atoms with Gasteiger partial charge in [0.25, 0.3) is 0 Å². The molecule has 0 fully saturated rings. The zero-order valence-electron chi connectivity index (χ0n) is 16.4. The summed E-state index contributed by atoms with van der Waals surface area (Å²) >= 11 is 2.49. The number of thioether (sulfide) groups is 1. The Balaban J connectivity index is 1.55. The minimum absolute atomic E-state index is 0.345. The van der Waals surface area contributed by atoms with E-state index in [-0.39, 0.29) is 0 Å². The lowest BCUT2D eigenvalue weighted by molar-refractivity contribution is -0.141. The van der Waals surface area contributed by atoms with Crippen molar-refractivity contribution in [1.29, 1.82) is 0 Å². The Morgan fingerprint density at radius 3 is 2.41 bits per heavy atom. The Morgan fingerprint density at radius 2 is 1.75 bits per heavy atom. The van der Waals surface area contributed by atoms with Crippen LogP contribution >= 0.6 is 23.1 Å². The Morgan fingerprint density at radius 1 is 1.03 bits per heavy atom. The number of thiazole rings is 1. The number of hydrogen-bond acceptors (Lipinski definition) is 5. The molecule has 0 radical (unpaired) electrons. The van der Waals surface area contributed by atoms with Gasteiger partial charge in [-0.3, -0.25) is 0 Å². The fourth-order valence-electron chi connectivity index (χ4n) is 2.99. The van der Waals surface area contributed by atoms with Gasteiger partial charge in [-0.1, -0.05) is 42.5 Å². The average molecular weight is 476 g/mol. The first-order chi connectivity index (χ1) is 15.3. The van der Waals surface area contributed by atoms with Gasteiger partial charge in [0.2, 0.25) is 5.44 Å². The summed E-state index contributed by atoms with van der Waals surface area (Å²) < 4.78 is 44.9. The number of halogens is 3. The molecule has 164 valence electrons. The second-order valence-electron chi connectivity index (χ2n) is 6.77. The molecule has 0 saturated carbocycles. The smallest absolute Gasteiger partial charge is 0.416 e. The standard InChI is InChI=1S/C23H16F3NO3S2/c24-23(25,26)16-11-9-14(10-12-16)20-27-19-15(5-4-8-18(19)32-20)13-31-22(21(28)29)30-17-6-2-1-3-7-17/h1-12,22H,13H2,(H,28,29). The molecule has 0 saturated heterocycles. The molecule has 9 heteroatoms. The van der Waals surface area contributed by atoms with E-state index in [1.165, 1.54) is 23.5 Å². The van der Waals surface area contributed by atoms with E-state index in [1.54, 1.807) is 24.3 Å². The van der Waals surface area contributed by atoms with Gasteiger partial charge in [-0.25, -0.2) is 9.78 Å². The molecule has 4 nitrogen and oxygen atoms in total. The predicted molar refractivity (Wildman–Crippen MR) is 120 cm³/mol. The summed E-state index contributed by atoms with van der Waals surface area (Å²) in [5.74, 6) is -0.282. The Hall–Kier alpha value is -3.04. The molecule has 1 aromatic heterocycles. The Labute approximate surface area is 189 Å². The summed E-state index contributed by atoms with van der Waals surface area (Å²) in [6.07, 6.45) is -4.39. The number of nitrogens with zero attached hydrogens (tertiary/aromatic N) is 1. The van der Waals surface area contributed by atoms with Crippen LogP contribution in [0.2, 0.25) is 0 Å². The van der Waals surface area contributed by atoms with Gasteiger partial charge < -0.3 is 9.84 Å². The van der Waals surface area contributed by atoms with Crippen LogP contribution in [0.3, 0.4) is 0 Å². The van der Waals surface area contributed by atoms with Gasteiger partial charge in [0.1, 0.15) is 10.8 Å². The van der Waals surface area contributed by atoms with Gasteiger partial charge in [-0.05, 0) is 35.9 Å². The van der Waals surface area contributed by atoms with Crippen LogP contribution in [0.4, 0.5) is 13.2 Å². The summed E-state index contributed by atoms with van der Waals surface area (Å²) in [6, 6.07) is 19.2. The molecule has 3 aromatic carbocycles. The average Bonchev–Trinajstić information content (AvgIpc) is 3.22. The number of carbonyl (C=O) groups is 1. The van der Waals surface area contributed by atoms with Crippen LogP contribution in [0.5, 0.6) is 5.75 Å². The third-order valence-corrected chi connectivity index (χ3v) is 6.69. The van der Waals surface area contributed by atoms with Gasteiger partial charge in [0.05, 0.1) is 15.8 Å². The highest BCUT2D eigenvalue weighted by Crippen LogP contribution is 2.35. The van der Waals surface area contributed by atoms with Crippen LogP contribution in [-0.2, 0) is 16.7 Å². The fourth-order valence-corrected chi connectivity index (χ4v) is 4.90. The molecule has 0 bridgehead atoms. The van der Waals surface area contributed by atoms with Crippen molar-refractivity contribution in [2.24, 2.45) is 0 Å². The lowest BCUT2D eigenvalue weighted by atomic mass is 10.1. The van der Waals surface area contributed by atoms with Crippen LogP contribution in [0.1, 0.15) is 11.1 Å². The molecule has 1 heterocycles. The molecule has 4 rings (SSSR count). The minimum Gasteiger partial charge on any atom is -0.478 e. The highest BCUT2D eigenvalue weighted by Gasteiger charge is 2.30. The van der Waals surface area contributed by atoms with E-state index in [1.807, 2.05) is 24.3 Å². The minimum atomic E-state index is -4.39. The first-order valence-electron chi connectivity index (χ1n) is 9.43. The lowest BCUT2D eigenvalue weighted by Crippen LogP contribution is -2.23. The maximum absolute atomic E-state index is 12.8. The number of aliphatic carboxylic acids is 1. The van der Waals surface area contributed by atoms with E-state index in [9.17, 15) is 23.1 Å². The molecule has 32 heavy (non-hydrogen) atoms. The van der Waals surface area contributed by atoms with Gasteiger partial charge in [-0.15, -0.1) is 23.1 Å². The number of alkyl halides is 3. The van der Waals surface area contributed by atoms with Crippen molar-refractivity contribution in [1.82, 2.24) is 4.98 Å².